The van der Waals surface area contributed by atoms with Crippen LogP contribution in [0.3, 0.4) is 0 Å². The third-order valence-corrected chi connectivity index (χ3v) is 1.91. The van der Waals surface area contributed by atoms with Crippen LogP contribution < -0.4 is 5.10 Å². The Labute approximate surface area is 99.9 Å². The zero-order valence-corrected chi connectivity index (χ0v) is 9.68. The Balaban J connectivity index is 0.00000112. The van der Waals surface area contributed by atoms with Crippen LogP contribution in [0.2, 0.25) is 0 Å². The van der Waals surface area contributed by atoms with Gasteiger partial charge in [0.05, 0.1) is 7.11 Å². The summed E-state index contributed by atoms with van der Waals surface area (Å²) in [6.07, 6.45) is 1.58. The first-order chi connectivity index (χ1) is 6.72. The van der Waals surface area contributed by atoms with Crippen molar-refractivity contribution in [2.75, 3.05) is 7.11 Å². The number of hydrogen-bond acceptors (Lipinski definition) is 4. The van der Waals surface area contributed by atoms with E-state index in [0.29, 0.717) is 10.9 Å². The number of aromatic nitrogens is 3. The molecule has 5 nitrogen and oxygen atoms in total. The predicted molar refractivity (Wildman–Crippen MR) is 48.9 cm³/mol. The van der Waals surface area contributed by atoms with Crippen molar-refractivity contribution in [1.82, 2.24) is 15.2 Å². The van der Waals surface area contributed by atoms with Gasteiger partial charge in [-0.25, -0.2) is 4.79 Å². The summed E-state index contributed by atoms with van der Waals surface area (Å²) in [6, 6.07) is 1.77. The Morgan fingerprint density at radius 2 is 2.27 bits per heavy atom. The fourth-order valence-corrected chi connectivity index (χ4v) is 1.22. The van der Waals surface area contributed by atoms with Crippen LogP contribution in [0, 0.1) is 6.92 Å². The van der Waals surface area contributed by atoms with E-state index in [9.17, 15) is 4.79 Å². The fraction of sp³-hybridized carbons (Fsp3) is 0.222. The van der Waals surface area contributed by atoms with Gasteiger partial charge in [0.2, 0.25) is 0 Å². The standard InChI is InChI=1S/C9H9N3O2.Pd/c1-5-3-7-6(4-10-5)8(12-11-7)9(13)14-2;/h3-4H,1-2H3,(H,10,11,12,13);/p-1. The average Bonchev–Trinajstić information content (AvgIpc) is 2.59. The van der Waals surface area contributed by atoms with E-state index >= 15 is 0 Å². The molecule has 2 rings (SSSR count). The van der Waals surface area contributed by atoms with Crippen LogP contribution in [-0.2, 0) is 25.2 Å². The molecule has 0 atom stereocenters. The molecule has 0 aliphatic carbocycles. The maximum Gasteiger partial charge on any atom is 0.355 e. The summed E-state index contributed by atoms with van der Waals surface area (Å²) in [5.41, 5.74) is 1.72. The van der Waals surface area contributed by atoms with Gasteiger partial charge in [0, 0.05) is 37.7 Å². The van der Waals surface area contributed by atoms with E-state index in [1.807, 2.05) is 6.92 Å². The van der Waals surface area contributed by atoms with E-state index in [0.717, 1.165) is 5.69 Å². The van der Waals surface area contributed by atoms with Crippen LogP contribution in [0.15, 0.2) is 12.3 Å². The molecule has 0 saturated heterocycles. The monoisotopic (exact) mass is 296 g/mol. The Kier molecular flexibility index (Phi) is 3.56. The number of pyridine rings is 1. The second-order valence-electron chi connectivity index (χ2n) is 2.88. The molecule has 0 saturated carbocycles. The van der Waals surface area contributed by atoms with Gasteiger partial charge in [-0.05, 0) is 6.92 Å². The zero-order chi connectivity index (χ0) is 10.1. The van der Waals surface area contributed by atoms with Crippen LogP contribution in [0.4, 0.5) is 0 Å². The van der Waals surface area contributed by atoms with Crippen LogP contribution in [0.5, 0.6) is 0 Å². The van der Waals surface area contributed by atoms with Gasteiger partial charge in [0.1, 0.15) is 5.69 Å². The number of rotatable bonds is 1. The molecule has 0 aromatic carbocycles. The van der Waals surface area contributed by atoms with Crippen molar-refractivity contribution in [2.24, 2.45) is 0 Å². The van der Waals surface area contributed by atoms with E-state index in [1.165, 1.54) is 7.11 Å². The average molecular weight is 297 g/mol. The number of esters is 1. The van der Waals surface area contributed by atoms with Crippen molar-refractivity contribution >= 4 is 16.9 Å². The third kappa shape index (κ3) is 2.06. The number of nitrogens with zero attached hydrogens (tertiary/aromatic N) is 3. The van der Waals surface area contributed by atoms with Gasteiger partial charge in [-0.3, -0.25) is 4.98 Å². The van der Waals surface area contributed by atoms with Crippen LogP contribution >= 0.6 is 0 Å². The van der Waals surface area contributed by atoms with E-state index < -0.39 is 5.97 Å². The Morgan fingerprint density at radius 3 is 2.93 bits per heavy atom. The minimum absolute atomic E-state index is 0. The van der Waals surface area contributed by atoms with Crippen molar-refractivity contribution in [1.29, 1.82) is 0 Å². The van der Waals surface area contributed by atoms with Crippen molar-refractivity contribution in [3.8, 4) is 0 Å². The molecule has 6 heteroatoms. The molecular weight excluding hydrogens is 289 g/mol. The minimum Gasteiger partial charge on any atom is -0.574 e. The third-order valence-electron chi connectivity index (χ3n) is 1.91. The van der Waals surface area contributed by atoms with Crippen molar-refractivity contribution < 1.29 is 30.0 Å². The summed E-state index contributed by atoms with van der Waals surface area (Å²) in [7, 11) is 1.31. The summed E-state index contributed by atoms with van der Waals surface area (Å²) in [4.78, 5) is 15.3. The maximum absolute atomic E-state index is 11.2. The van der Waals surface area contributed by atoms with Gasteiger partial charge in [-0.2, -0.15) is 0 Å². The number of carbonyl (C=O) groups is 1. The summed E-state index contributed by atoms with van der Waals surface area (Å²) in [5.74, 6) is -0.488. The van der Waals surface area contributed by atoms with E-state index in [2.05, 4.69) is 19.9 Å². The number of methoxy groups -OCH3 is 1. The van der Waals surface area contributed by atoms with Crippen LogP contribution in [0.25, 0.3) is 10.9 Å². The molecular formula is C9H8N3O2Pd-. The van der Waals surface area contributed by atoms with Crippen LogP contribution in [-0.4, -0.2) is 23.2 Å². The number of ether oxygens (including phenoxy) is 1. The fourth-order valence-electron chi connectivity index (χ4n) is 1.22. The van der Waals surface area contributed by atoms with E-state index in [4.69, 9.17) is 0 Å². The first kappa shape index (κ1) is 11.8. The van der Waals surface area contributed by atoms with Gasteiger partial charge in [0.15, 0.2) is 0 Å². The molecule has 0 aliphatic rings. The molecule has 0 bridgehead atoms. The second-order valence-corrected chi connectivity index (χ2v) is 2.88. The molecule has 0 N–H and O–H groups in total. The zero-order valence-electron chi connectivity index (χ0n) is 8.13. The molecule has 15 heavy (non-hydrogen) atoms. The number of hydrogen-bond donors (Lipinski definition) is 0. The Hall–Kier alpha value is -1.25. The quantitative estimate of drug-likeness (QED) is 0.572. The van der Waals surface area contributed by atoms with E-state index in [1.54, 1.807) is 12.3 Å². The van der Waals surface area contributed by atoms with Gasteiger partial charge in [-0.1, -0.05) is 6.07 Å². The van der Waals surface area contributed by atoms with Crippen molar-refractivity contribution in [2.45, 2.75) is 6.92 Å². The van der Waals surface area contributed by atoms with Gasteiger partial charge >= 0.3 is 5.97 Å². The minimum atomic E-state index is -0.488. The topological polar surface area (TPSA) is 66.2 Å². The SMILES string of the molecule is COC(=O)c1n[n-]c2cc(C)ncc12.[Pd]. The maximum atomic E-state index is 11.2. The first-order valence-corrected chi connectivity index (χ1v) is 4.06. The molecule has 0 amide bonds. The Morgan fingerprint density at radius 1 is 1.53 bits per heavy atom. The van der Waals surface area contributed by atoms with E-state index in [-0.39, 0.29) is 26.1 Å². The van der Waals surface area contributed by atoms with Gasteiger partial charge in [-0.15, -0.1) is 5.52 Å². The summed E-state index contributed by atoms with van der Waals surface area (Å²) < 4.78 is 4.56. The van der Waals surface area contributed by atoms with Gasteiger partial charge in [0.25, 0.3) is 0 Å². The molecule has 0 unspecified atom stereocenters. The molecule has 0 fully saturated rings. The molecule has 0 aliphatic heterocycles. The second kappa shape index (κ2) is 4.51. The number of fused-ring (bicyclic) bond motifs is 1. The number of aryl methyl sites for hydroxylation is 1. The largest absolute Gasteiger partial charge is 0.574 e. The van der Waals surface area contributed by atoms with Gasteiger partial charge < -0.3 is 14.9 Å². The van der Waals surface area contributed by atoms with Crippen LogP contribution in [0.1, 0.15) is 16.2 Å². The predicted octanol–water partition coefficient (Wildman–Crippen LogP) is 0.680. The smallest absolute Gasteiger partial charge is 0.355 e. The molecule has 82 valence electrons. The first-order valence-electron chi connectivity index (χ1n) is 4.06. The molecule has 2 aromatic heterocycles. The number of carbonyl (C=O) groups excluding carboxylic acids is 1. The van der Waals surface area contributed by atoms with Crippen molar-refractivity contribution in [3.05, 3.63) is 23.7 Å². The van der Waals surface area contributed by atoms with Crippen molar-refractivity contribution in [3.63, 3.8) is 0 Å². The molecule has 0 radical (unpaired) electrons. The molecule has 2 heterocycles. The molecule has 2 aromatic rings. The summed E-state index contributed by atoms with van der Waals surface area (Å²) in [6.45, 7) is 1.85. The normalized spacial score (nSPS) is 9.73. The summed E-state index contributed by atoms with van der Waals surface area (Å²) in [5, 5.41) is 8.23. The Bertz CT molecular complexity index is 495. The summed E-state index contributed by atoms with van der Waals surface area (Å²) >= 11 is 0. The molecule has 0 spiro atoms.